The second-order valence-corrected chi connectivity index (χ2v) is 3.78. The van der Waals surface area contributed by atoms with E-state index < -0.39 is 11.6 Å². The van der Waals surface area contributed by atoms with Crippen molar-refractivity contribution < 1.29 is 13.9 Å². The molecule has 0 spiro atoms. The van der Waals surface area contributed by atoms with E-state index in [1.54, 1.807) is 37.3 Å². The molecule has 0 atom stereocenters. The van der Waals surface area contributed by atoms with Crippen molar-refractivity contribution in [3.63, 3.8) is 0 Å². The van der Waals surface area contributed by atoms with Crippen LogP contribution in [-0.2, 0) is 4.79 Å². The zero-order chi connectivity index (χ0) is 13.8. The molecule has 2 aromatic rings. The van der Waals surface area contributed by atoms with Gasteiger partial charge in [-0.1, -0.05) is 24.8 Å². The molecule has 0 radical (unpaired) electrons. The minimum Gasteiger partial charge on any atom is -0.423 e. The van der Waals surface area contributed by atoms with Crippen molar-refractivity contribution in [2.75, 3.05) is 0 Å². The molecular formula is C15H12O4. The lowest BCUT2D eigenvalue weighted by Gasteiger charge is -2.05. The van der Waals surface area contributed by atoms with Crippen LogP contribution in [0.3, 0.4) is 0 Å². The lowest BCUT2D eigenvalue weighted by atomic mass is 10.1. The average Bonchev–Trinajstić information content (AvgIpc) is 2.38. The highest BCUT2D eigenvalue weighted by Gasteiger charge is 2.09. The van der Waals surface area contributed by atoms with Crippen molar-refractivity contribution in [1.29, 1.82) is 0 Å². The molecule has 0 saturated carbocycles. The largest absolute Gasteiger partial charge is 0.423 e. The van der Waals surface area contributed by atoms with Crippen LogP contribution in [0, 0.1) is 0 Å². The molecule has 0 unspecified atom stereocenters. The van der Waals surface area contributed by atoms with Gasteiger partial charge in [0.05, 0.1) is 10.9 Å². The van der Waals surface area contributed by atoms with Gasteiger partial charge in [-0.25, -0.2) is 9.59 Å². The minimum atomic E-state index is -0.485. The highest BCUT2D eigenvalue weighted by molar-refractivity contribution is 5.90. The number of ether oxygens (including phenoxy) is 1. The molecule has 4 heteroatoms. The van der Waals surface area contributed by atoms with Gasteiger partial charge in [0.25, 0.3) is 0 Å². The van der Waals surface area contributed by atoms with Gasteiger partial charge in [-0.2, -0.15) is 0 Å². The van der Waals surface area contributed by atoms with E-state index >= 15 is 0 Å². The van der Waals surface area contributed by atoms with Crippen LogP contribution in [0.25, 0.3) is 17.0 Å². The molecule has 4 nitrogen and oxygen atoms in total. The highest BCUT2D eigenvalue weighted by atomic mass is 16.5. The van der Waals surface area contributed by atoms with Gasteiger partial charge in [-0.05, 0) is 25.1 Å². The number of rotatable bonds is 3. The minimum absolute atomic E-state index is 0.321. The molecule has 0 aliphatic carbocycles. The fourth-order valence-electron chi connectivity index (χ4n) is 1.64. The summed E-state index contributed by atoms with van der Waals surface area (Å²) in [6.07, 6.45) is 4.30. The molecule has 0 aliphatic heterocycles. The van der Waals surface area contributed by atoms with Crippen LogP contribution in [0.4, 0.5) is 0 Å². The Balaban J connectivity index is 2.58. The van der Waals surface area contributed by atoms with Crippen LogP contribution in [0.2, 0.25) is 0 Å². The molecule has 0 fully saturated rings. The van der Waals surface area contributed by atoms with E-state index in [9.17, 15) is 9.59 Å². The Morgan fingerprint density at radius 3 is 2.89 bits per heavy atom. The monoisotopic (exact) mass is 256 g/mol. The van der Waals surface area contributed by atoms with Crippen molar-refractivity contribution >= 4 is 23.0 Å². The number of esters is 1. The molecule has 1 aromatic heterocycles. The summed E-state index contributed by atoms with van der Waals surface area (Å²) in [4.78, 5) is 23.0. The van der Waals surface area contributed by atoms with E-state index in [-0.39, 0.29) is 0 Å². The first-order valence-electron chi connectivity index (χ1n) is 5.69. The molecule has 2 rings (SSSR count). The van der Waals surface area contributed by atoms with Gasteiger partial charge in [0.1, 0.15) is 11.3 Å². The zero-order valence-corrected chi connectivity index (χ0v) is 10.4. The molecule has 19 heavy (non-hydrogen) atoms. The van der Waals surface area contributed by atoms with Gasteiger partial charge in [-0.15, -0.1) is 0 Å². The Morgan fingerprint density at radius 1 is 1.42 bits per heavy atom. The number of hydrogen-bond donors (Lipinski definition) is 0. The Kier molecular flexibility index (Phi) is 3.61. The molecule has 0 N–H and O–H groups in total. The average molecular weight is 256 g/mol. The third-order valence-electron chi connectivity index (χ3n) is 2.50. The Morgan fingerprint density at radius 2 is 2.21 bits per heavy atom. The van der Waals surface area contributed by atoms with Crippen LogP contribution >= 0.6 is 0 Å². The lowest BCUT2D eigenvalue weighted by molar-refractivity contribution is -0.128. The molecule has 1 heterocycles. The van der Waals surface area contributed by atoms with Crippen LogP contribution in [0.15, 0.2) is 52.2 Å². The van der Waals surface area contributed by atoms with Crippen molar-refractivity contribution in [2.45, 2.75) is 6.92 Å². The maximum Gasteiger partial charge on any atom is 0.343 e. The van der Waals surface area contributed by atoms with Gasteiger partial charge in [-0.3, -0.25) is 0 Å². The van der Waals surface area contributed by atoms with Crippen LogP contribution in [0.5, 0.6) is 5.75 Å². The van der Waals surface area contributed by atoms with Crippen LogP contribution in [0.1, 0.15) is 12.5 Å². The van der Waals surface area contributed by atoms with Crippen LogP contribution in [-0.4, -0.2) is 5.97 Å². The molecular weight excluding hydrogens is 244 g/mol. The first kappa shape index (κ1) is 12.8. The second kappa shape index (κ2) is 5.35. The number of allylic oxidation sites excluding steroid dienone is 1. The third kappa shape index (κ3) is 2.63. The SMILES string of the molecule is C=Cc1cc2c(OC(=O)/C=C/C)cccc2oc1=O. The van der Waals surface area contributed by atoms with E-state index in [2.05, 4.69) is 6.58 Å². The quantitative estimate of drug-likeness (QED) is 0.366. The summed E-state index contributed by atoms with van der Waals surface area (Å²) in [5.74, 6) is -0.145. The standard InChI is InChI=1S/C15H12O4/c1-3-6-14(16)18-12-7-5-8-13-11(12)9-10(4-2)15(17)19-13/h3-9H,2H2,1H3/b6-3+. The Hall–Kier alpha value is -2.62. The van der Waals surface area contributed by atoms with Gasteiger partial charge >= 0.3 is 11.6 Å². The Labute approximate surface area is 109 Å². The summed E-state index contributed by atoms with van der Waals surface area (Å²) in [5, 5.41) is 0.551. The van der Waals surface area contributed by atoms with Gasteiger partial charge in [0, 0.05) is 6.08 Å². The summed E-state index contributed by atoms with van der Waals surface area (Å²) >= 11 is 0. The van der Waals surface area contributed by atoms with Crippen molar-refractivity contribution in [3.8, 4) is 5.75 Å². The molecule has 1 aromatic carbocycles. The predicted molar refractivity (Wildman–Crippen MR) is 73.0 cm³/mol. The van der Waals surface area contributed by atoms with Crippen molar-refractivity contribution in [1.82, 2.24) is 0 Å². The van der Waals surface area contributed by atoms with E-state index in [1.165, 1.54) is 12.2 Å². The third-order valence-corrected chi connectivity index (χ3v) is 2.50. The predicted octanol–water partition coefficient (Wildman–Crippen LogP) is 2.92. The number of carbonyl (C=O) groups excluding carboxylic acids is 1. The molecule has 0 bridgehead atoms. The zero-order valence-electron chi connectivity index (χ0n) is 10.4. The smallest absolute Gasteiger partial charge is 0.343 e. The molecule has 96 valence electrons. The summed E-state index contributed by atoms with van der Waals surface area (Å²) in [6.45, 7) is 5.26. The van der Waals surface area contributed by atoms with E-state index in [1.807, 2.05) is 0 Å². The fraction of sp³-hybridized carbons (Fsp3) is 0.0667. The normalized spacial score (nSPS) is 10.8. The van der Waals surface area contributed by atoms with Gasteiger partial charge < -0.3 is 9.15 Å². The van der Waals surface area contributed by atoms with Crippen LogP contribution < -0.4 is 10.4 Å². The summed E-state index contributed by atoms with van der Waals surface area (Å²) < 4.78 is 10.3. The first-order chi connectivity index (χ1) is 9.15. The van der Waals surface area contributed by atoms with Gasteiger partial charge in [0.15, 0.2) is 0 Å². The molecule has 0 aliphatic rings. The maximum absolute atomic E-state index is 11.5. The number of benzene rings is 1. The van der Waals surface area contributed by atoms with E-state index in [0.29, 0.717) is 22.3 Å². The Bertz CT molecular complexity index is 722. The summed E-state index contributed by atoms with van der Waals surface area (Å²) in [6, 6.07) is 6.51. The van der Waals surface area contributed by atoms with Crippen molar-refractivity contribution in [3.05, 3.63) is 59.0 Å². The number of carbonyl (C=O) groups is 1. The molecule has 0 saturated heterocycles. The first-order valence-corrected chi connectivity index (χ1v) is 5.69. The highest BCUT2D eigenvalue weighted by Crippen LogP contribution is 2.25. The summed E-state index contributed by atoms with van der Waals surface area (Å²) in [5.41, 5.74) is 0.211. The van der Waals surface area contributed by atoms with Crippen molar-refractivity contribution in [2.24, 2.45) is 0 Å². The number of hydrogen-bond acceptors (Lipinski definition) is 4. The second-order valence-electron chi connectivity index (χ2n) is 3.78. The topological polar surface area (TPSA) is 56.5 Å². The van der Waals surface area contributed by atoms with E-state index in [0.717, 1.165) is 0 Å². The van der Waals surface area contributed by atoms with E-state index in [4.69, 9.17) is 9.15 Å². The lowest BCUT2D eigenvalue weighted by Crippen LogP contribution is -2.06. The summed E-state index contributed by atoms with van der Waals surface area (Å²) in [7, 11) is 0. The maximum atomic E-state index is 11.5. The fourth-order valence-corrected chi connectivity index (χ4v) is 1.64. The number of fused-ring (bicyclic) bond motifs is 1. The van der Waals surface area contributed by atoms with Gasteiger partial charge in [0.2, 0.25) is 0 Å². The molecule has 0 amide bonds.